The molecule has 2 heterocycles. The van der Waals surface area contributed by atoms with Crippen LogP contribution in [-0.2, 0) is 14.1 Å². The zero-order chi connectivity index (χ0) is 18.0. The number of rotatable bonds is 3. The summed E-state index contributed by atoms with van der Waals surface area (Å²) in [5.41, 5.74) is 0.725. The average molecular weight is 339 g/mol. The van der Waals surface area contributed by atoms with Crippen LogP contribution in [0.4, 0.5) is 17.2 Å². The van der Waals surface area contributed by atoms with Crippen molar-refractivity contribution >= 4 is 17.2 Å². The Hall–Kier alpha value is -3.01. The Balaban J connectivity index is 1.92. The normalized spacial score (nSPS) is 14.2. The van der Waals surface area contributed by atoms with Crippen LogP contribution in [0.1, 0.15) is 24.8 Å². The van der Waals surface area contributed by atoms with Crippen LogP contribution in [0.5, 0.6) is 0 Å². The lowest BCUT2D eigenvalue weighted by Gasteiger charge is -2.29. The van der Waals surface area contributed by atoms with Gasteiger partial charge in [0, 0.05) is 38.6 Å². The maximum absolute atomic E-state index is 12.1. The molecule has 1 aromatic heterocycles. The first-order chi connectivity index (χ1) is 12.0. The largest absolute Gasteiger partial charge is 0.372 e. The third-order valence-corrected chi connectivity index (χ3v) is 4.63. The van der Waals surface area contributed by atoms with Gasteiger partial charge in [0.1, 0.15) is 11.9 Å². The van der Waals surface area contributed by atoms with E-state index in [1.807, 2.05) is 30.3 Å². The van der Waals surface area contributed by atoms with Crippen LogP contribution in [0.15, 0.2) is 33.9 Å². The molecule has 0 amide bonds. The smallest absolute Gasteiger partial charge is 0.332 e. The fourth-order valence-electron chi connectivity index (χ4n) is 3.14. The van der Waals surface area contributed by atoms with Gasteiger partial charge in [-0.3, -0.25) is 13.9 Å². The molecule has 7 heteroatoms. The Morgan fingerprint density at radius 1 is 1.00 bits per heavy atom. The van der Waals surface area contributed by atoms with Crippen molar-refractivity contribution in [2.45, 2.75) is 19.3 Å². The number of anilines is 3. The zero-order valence-electron chi connectivity index (χ0n) is 14.5. The first-order valence-corrected chi connectivity index (χ1v) is 8.35. The van der Waals surface area contributed by atoms with Gasteiger partial charge in [-0.05, 0) is 43.5 Å². The van der Waals surface area contributed by atoms with Crippen LogP contribution in [-0.4, -0.2) is 22.2 Å². The minimum atomic E-state index is -0.599. The first kappa shape index (κ1) is 16.8. The number of piperidine rings is 1. The Bertz CT molecular complexity index is 928. The summed E-state index contributed by atoms with van der Waals surface area (Å²) in [7, 11) is 2.90. The topological polar surface area (TPSA) is 83.1 Å². The summed E-state index contributed by atoms with van der Waals surface area (Å²) in [5.74, 6) is 0.210. The molecule has 7 nitrogen and oxygen atoms in total. The van der Waals surface area contributed by atoms with Gasteiger partial charge in [0.25, 0.3) is 5.56 Å². The fourth-order valence-corrected chi connectivity index (χ4v) is 3.14. The van der Waals surface area contributed by atoms with Gasteiger partial charge in [-0.1, -0.05) is 0 Å². The molecule has 0 bridgehead atoms. The number of nitrogens with zero attached hydrogens (tertiary/aromatic N) is 4. The molecule has 3 rings (SSSR count). The Morgan fingerprint density at radius 2 is 1.64 bits per heavy atom. The molecule has 0 saturated carbocycles. The van der Waals surface area contributed by atoms with Crippen molar-refractivity contribution in [2.24, 2.45) is 14.1 Å². The lowest BCUT2D eigenvalue weighted by atomic mass is 10.1. The Morgan fingerprint density at radius 3 is 2.24 bits per heavy atom. The van der Waals surface area contributed by atoms with Crippen LogP contribution < -0.4 is 21.5 Å². The molecular formula is C18H21N5O2. The second-order valence-electron chi connectivity index (χ2n) is 6.26. The summed E-state index contributed by atoms with van der Waals surface area (Å²) in [5, 5.41) is 12.3. The van der Waals surface area contributed by atoms with Crippen molar-refractivity contribution in [1.29, 1.82) is 5.26 Å². The monoisotopic (exact) mass is 339 g/mol. The third kappa shape index (κ3) is 3.15. The molecule has 1 fully saturated rings. The van der Waals surface area contributed by atoms with Gasteiger partial charge in [-0.25, -0.2) is 4.79 Å². The number of nitrogens with one attached hydrogen (secondary N) is 1. The lowest BCUT2D eigenvalue weighted by Crippen LogP contribution is -2.39. The van der Waals surface area contributed by atoms with Gasteiger partial charge in [-0.2, -0.15) is 5.26 Å². The van der Waals surface area contributed by atoms with Crippen molar-refractivity contribution in [3.8, 4) is 6.07 Å². The van der Waals surface area contributed by atoms with Gasteiger partial charge < -0.3 is 10.2 Å². The fraction of sp³-hybridized carbons (Fsp3) is 0.389. The van der Waals surface area contributed by atoms with Crippen molar-refractivity contribution in [3.05, 3.63) is 50.7 Å². The van der Waals surface area contributed by atoms with E-state index in [9.17, 15) is 14.9 Å². The summed E-state index contributed by atoms with van der Waals surface area (Å²) in [6.45, 7) is 2.13. The van der Waals surface area contributed by atoms with E-state index in [0.29, 0.717) is 0 Å². The molecule has 1 N–H and O–H groups in total. The first-order valence-electron chi connectivity index (χ1n) is 8.35. The van der Waals surface area contributed by atoms with E-state index in [0.717, 1.165) is 29.0 Å². The standard InChI is InChI=1S/C18H21N5O2/c1-21-16(15(12-19)17(24)22(2)18(21)25)20-13-6-8-14(9-7-13)23-10-4-3-5-11-23/h6-9,20H,3-5,10-11H2,1-2H3. The minimum Gasteiger partial charge on any atom is -0.372 e. The molecule has 0 radical (unpaired) electrons. The number of benzene rings is 1. The molecule has 0 spiro atoms. The van der Waals surface area contributed by atoms with Crippen LogP contribution in [0.3, 0.4) is 0 Å². The van der Waals surface area contributed by atoms with E-state index >= 15 is 0 Å². The molecule has 0 atom stereocenters. The van der Waals surface area contributed by atoms with Crippen LogP contribution in [0.2, 0.25) is 0 Å². The highest BCUT2D eigenvalue weighted by atomic mass is 16.2. The second-order valence-corrected chi connectivity index (χ2v) is 6.26. The molecule has 1 aromatic carbocycles. The average Bonchev–Trinajstić information content (AvgIpc) is 2.66. The van der Waals surface area contributed by atoms with E-state index in [1.165, 1.54) is 37.9 Å². The quantitative estimate of drug-likeness (QED) is 0.920. The van der Waals surface area contributed by atoms with Crippen LogP contribution >= 0.6 is 0 Å². The highest BCUT2D eigenvalue weighted by molar-refractivity contribution is 5.65. The molecule has 0 aliphatic carbocycles. The molecule has 130 valence electrons. The van der Waals surface area contributed by atoms with E-state index in [-0.39, 0.29) is 11.4 Å². The molecule has 1 saturated heterocycles. The summed E-state index contributed by atoms with van der Waals surface area (Å²) in [6.07, 6.45) is 3.70. The molecule has 25 heavy (non-hydrogen) atoms. The third-order valence-electron chi connectivity index (χ3n) is 4.63. The minimum absolute atomic E-state index is 0.0790. The van der Waals surface area contributed by atoms with Crippen molar-refractivity contribution < 1.29 is 0 Å². The van der Waals surface area contributed by atoms with Gasteiger partial charge in [0.05, 0.1) is 0 Å². The molecule has 2 aromatic rings. The SMILES string of the molecule is Cn1c(Nc2ccc(N3CCCCC3)cc2)c(C#N)c(=O)n(C)c1=O. The van der Waals surface area contributed by atoms with Crippen molar-refractivity contribution in [2.75, 3.05) is 23.3 Å². The van der Waals surface area contributed by atoms with Crippen molar-refractivity contribution in [3.63, 3.8) is 0 Å². The summed E-state index contributed by atoms with van der Waals surface area (Å²) < 4.78 is 2.21. The van der Waals surface area contributed by atoms with Gasteiger partial charge in [0.15, 0.2) is 5.56 Å². The predicted molar refractivity (Wildman–Crippen MR) is 97.4 cm³/mol. The van der Waals surface area contributed by atoms with E-state index in [1.54, 1.807) is 0 Å². The van der Waals surface area contributed by atoms with Gasteiger partial charge >= 0.3 is 5.69 Å². The highest BCUT2D eigenvalue weighted by Gasteiger charge is 2.16. The number of nitriles is 1. The zero-order valence-corrected chi connectivity index (χ0v) is 14.5. The van der Waals surface area contributed by atoms with Crippen LogP contribution in [0, 0.1) is 11.3 Å². The summed E-state index contributed by atoms with van der Waals surface area (Å²) in [6, 6.07) is 9.71. The summed E-state index contributed by atoms with van der Waals surface area (Å²) in [4.78, 5) is 26.6. The van der Waals surface area contributed by atoms with E-state index < -0.39 is 11.2 Å². The molecule has 0 unspecified atom stereocenters. The maximum atomic E-state index is 12.1. The van der Waals surface area contributed by atoms with E-state index in [2.05, 4.69) is 10.2 Å². The van der Waals surface area contributed by atoms with Gasteiger partial charge in [0.2, 0.25) is 0 Å². The van der Waals surface area contributed by atoms with E-state index in [4.69, 9.17) is 0 Å². The molecule has 1 aliphatic heterocycles. The highest BCUT2D eigenvalue weighted by Crippen LogP contribution is 2.23. The molecular weight excluding hydrogens is 318 g/mol. The second kappa shape index (κ2) is 6.85. The molecule has 1 aliphatic rings. The lowest BCUT2D eigenvalue weighted by molar-refractivity contribution is 0.578. The summed E-state index contributed by atoms with van der Waals surface area (Å²) >= 11 is 0. The number of hydrogen-bond acceptors (Lipinski definition) is 5. The Labute approximate surface area is 145 Å². The maximum Gasteiger partial charge on any atom is 0.332 e. The number of aromatic nitrogens is 2. The van der Waals surface area contributed by atoms with Gasteiger partial charge in [-0.15, -0.1) is 0 Å². The number of hydrogen-bond donors (Lipinski definition) is 1. The Kier molecular flexibility index (Phi) is 4.61. The van der Waals surface area contributed by atoms with Crippen LogP contribution in [0.25, 0.3) is 0 Å². The van der Waals surface area contributed by atoms with Crippen molar-refractivity contribution in [1.82, 2.24) is 9.13 Å². The predicted octanol–water partition coefficient (Wildman–Crippen LogP) is 1.69.